The van der Waals surface area contributed by atoms with Crippen molar-refractivity contribution >= 4 is 21.6 Å². The first-order valence-corrected chi connectivity index (χ1v) is 7.23. The van der Waals surface area contributed by atoms with E-state index in [0.29, 0.717) is 32.7 Å². The molecule has 90 valence electrons. The van der Waals surface area contributed by atoms with Crippen LogP contribution in [0.1, 0.15) is 26.2 Å². The summed E-state index contributed by atoms with van der Waals surface area (Å²) < 4.78 is 29.6. The smallest absolute Gasteiger partial charge is 0.231 e. The Morgan fingerprint density at radius 2 is 2.00 bits per heavy atom. The molecule has 0 aromatic rings. The number of sulfonamides is 1. The van der Waals surface area contributed by atoms with Crippen LogP contribution in [0.2, 0.25) is 0 Å². The third kappa shape index (κ3) is 3.59. The maximum Gasteiger partial charge on any atom is 0.231 e. The topological polar surface area (TPSA) is 46.6 Å². The quantitative estimate of drug-likeness (QED) is 0.698. The molecule has 0 spiro atoms. The van der Waals surface area contributed by atoms with E-state index < -0.39 is 14.7 Å². The molecule has 1 rings (SSSR count). The number of unbranched alkanes of at least 4 members (excludes halogenated alkanes) is 1. The van der Waals surface area contributed by atoms with Gasteiger partial charge in [0.05, 0.1) is 13.2 Å². The highest BCUT2D eigenvalue weighted by Crippen LogP contribution is 2.19. The molecule has 1 aliphatic rings. The van der Waals surface area contributed by atoms with Crippen molar-refractivity contribution in [3.63, 3.8) is 0 Å². The molecule has 0 aromatic heterocycles. The second kappa shape index (κ2) is 6.03. The van der Waals surface area contributed by atoms with Crippen molar-refractivity contribution in [1.29, 1.82) is 0 Å². The highest BCUT2D eigenvalue weighted by Gasteiger charge is 2.30. The van der Waals surface area contributed by atoms with Crippen molar-refractivity contribution in [3.05, 3.63) is 0 Å². The molecule has 1 heterocycles. The van der Waals surface area contributed by atoms with E-state index in [1.165, 1.54) is 4.31 Å². The molecular formula is C9H18ClNO3S. The van der Waals surface area contributed by atoms with Crippen LogP contribution in [0.5, 0.6) is 0 Å². The average molecular weight is 256 g/mol. The molecule has 15 heavy (non-hydrogen) atoms. The van der Waals surface area contributed by atoms with Crippen molar-refractivity contribution in [3.8, 4) is 0 Å². The molecule has 0 aromatic carbocycles. The summed E-state index contributed by atoms with van der Waals surface area (Å²) in [6.07, 6.45) is 2.33. The molecule has 1 saturated heterocycles. The van der Waals surface area contributed by atoms with Crippen LogP contribution in [0.25, 0.3) is 0 Å². The van der Waals surface area contributed by atoms with E-state index in [1.807, 2.05) is 6.92 Å². The van der Waals surface area contributed by atoms with Crippen molar-refractivity contribution < 1.29 is 13.2 Å². The van der Waals surface area contributed by atoms with E-state index >= 15 is 0 Å². The predicted octanol–water partition coefficient (Wildman–Crippen LogP) is 1.40. The number of nitrogens with zero attached hydrogens (tertiary/aromatic N) is 1. The lowest BCUT2D eigenvalue weighted by Crippen LogP contribution is -2.43. The maximum atomic E-state index is 11.9. The number of alkyl halides is 1. The van der Waals surface area contributed by atoms with E-state index in [-0.39, 0.29) is 0 Å². The predicted molar refractivity (Wildman–Crippen MR) is 60.5 cm³/mol. The Balaban J connectivity index is 2.55. The van der Waals surface area contributed by atoms with Crippen LogP contribution < -0.4 is 0 Å². The number of morpholine rings is 1. The Bertz CT molecular complexity index is 275. The van der Waals surface area contributed by atoms with Crippen LogP contribution in [0.15, 0.2) is 0 Å². The molecule has 0 amide bonds. The van der Waals surface area contributed by atoms with Crippen LogP contribution in [-0.4, -0.2) is 43.7 Å². The highest BCUT2D eigenvalue weighted by molar-refractivity contribution is 7.91. The first-order valence-electron chi connectivity index (χ1n) is 5.29. The second-order valence-electron chi connectivity index (χ2n) is 3.61. The zero-order valence-corrected chi connectivity index (χ0v) is 10.6. The van der Waals surface area contributed by atoms with Crippen LogP contribution in [0.4, 0.5) is 0 Å². The maximum absolute atomic E-state index is 11.9. The summed E-state index contributed by atoms with van der Waals surface area (Å²) in [4.78, 5) is 0. The van der Waals surface area contributed by atoms with Gasteiger partial charge in [0.2, 0.25) is 10.0 Å². The fourth-order valence-corrected chi connectivity index (χ4v) is 3.41. The Labute approximate surface area is 96.6 Å². The van der Waals surface area contributed by atoms with Crippen LogP contribution in [0, 0.1) is 0 Å². The Hall–Kier alpha value is 0.160. The van der Waals surface area contributed by atoms with Crippen LogP contribution in [0.3, 0.4) is 0 Å². The lowest BCUT2D eigenvalue weighted by atomic mass is 10.3. The van der Waals surface area contributed by atoms with Gasteiger partial charge in [0.25, 0.3) is 0 Å². The minimum Gasteiger partial charge on any atom is -0.379 e. The van der Waals surface area contributed by atoms with Gasteiger partial charge < -0.3 is 4.74 Å². The molecule has 1 atom stereocenters. The van der Waals surface area contributed by atoms with Crippen LogP contribution >= 0.6 is 11.6 Å². The third-order valence-corrected chi connectivity index (χ3v) is 5.30. The molecule has 0 radical (unpaired) electrons. The summed E-state index contributed by atoms with van der Waals surface area (Å²) in [7, 11) is -3.32. The van der Waals surface area contributed by atoms with Gasteiger partial charge in [-0.3, -0.25) is 0 Å². The van der Waals surface area contributed by atoms with E-state index in [1.54, 1.807) is 0 Å². The monoisotopic (exact) mass is 255 g/mol. The molecule has 0 N–H and O–H groups in total. The Morgan fingerprint density at radius 1 is 1.40 bits per heavy atom. The van der Waals surface area contributed by atoms with Gasteiger partial charge in [0.1, 0.15) is 4.71 Å². The van der Waals surface area contributed by atoms with Gasteiger partial charge in [-0.2, -0.15) is 4.31 Å². The van der Waals surface area contributed by atoms with Crippen molar-refractivity contribution in [1.82, 2.24) is 4.31 Å². The van der Waals surface area contributed by atoms with Gasteiger partial charge in [-0.25, -0.2) is 8.42 Å². The van der Waals surface area contributed by atoms with Gasteiger partial charge in [-0.05, 0) is 6.42 Å². The summed E-state index contributed by atoms with van der Waals surface area (Å²) in [6, 6.07) is 0. The molecule has 0 bridgehead atoms. The SMILES string of the molecule is CCCCC(Cl)S(=O)(=O)N1CCOCC1. The largest absolute Gasteiger partial charge is 0.379 e. The number of halogens is 1. The summed E-state index contributed by atoms with van der Waals surface area (Å²) in [5.41, 5.74) is 0. The van der Waals surface area contributed by atoms with Gasteiger partial charge in [0, 0.05) is 13.1 Å². The van der Waals surface area contributed by atoms with Crippen molar-refractivity contribution in [2.45, 2.75) is 30.9 Å². The van der Waals surface area contributed by atoms with Crippen molar-refractivity contribution in [2.75, 3.05) is 26.3 Å². The lowest BCUT2D eigenvalue weighted by molar-refractivity contribution is 0.0728. The Kier molecular flexibility index (Phi) is 5.32. The van der Waals surface area contributed by atoms with Gasteiger partial charge in [0.15, 0.2) is 0 Å². The Morgan fingerprint density at radius 3 is 2.53 bits per heavy atom. The molecule has 1 unspecified atom stereocenters. The molecule has 0 aliphatic carbocycles. The van der Waals surface area contributed by atoms with Gasteiger partial charge >= 0.3 is 0 Å². The van der Waals surface area contributed by atoms with E-state index in [4.69, 9.17) is 16.3 Å². The highest BCUT2D eigenvalue weighted by atomic mass is 35.5. The number of hydrogen-bond donors (Lipinski definition) is 0. The summed E-state index contributed by atoms with van der Waals surface area (Å²) in [5.74, 6) is 0. The summed E-state index contributed by atoms with van der Waals surface area (Å²) >= 11 is 5.91. The molecule has 6 heteroatoms. The van der Waals surface area contributed by atoms with Gasteiger partial charge in [-0.15, -0.1) is 11.6 Å². The second-order valence-corrected chi connectivity index (χ2v) is 6.51. The zero-order chi connectivity index (χ0) is 11.3. The minimum absolute atomic E-state index is 0.428. The minimum atomic E-state index is -3.32. The molecule has 0 saturated carbocycles. The average Bonchev–Trinajstić information content (AvgIpc) is 2.27. The zero-order valence-electron chi connectivity index (χ0n) is 8.99. The van der Waals surface area contributed by atoms with E-state index in [9.17, 15) is 8.42 Å². The fraction of sp³-hybridized carbons (Fsp3) is 1.00. The van der Waals surface area contributed by atoms with E-state index in [0.717, 1.165) is 12.8 Å². The first kappa shape index (κ1) is 13.2. The van der Waals surface area contributed by atoms with E-state index in [2.05, 4.69) is 0 Å². The van der Waals surface area contributed by atoms with Gasteiger partial charge in [-0.1, -0.05) is 19.8 Å². The fourth-order valence-electron chi connectivity index (χ4n) is 1.48. The number of hydrogen-bond acceptors (Lipinski definition) is 3. The third-order valence-electron chi connectivity index (χ3n) is 2.44. The first-order chi connectivity index (χ1) is 7.09. The molecule has 1 fully saturated rings. The normalized spacial score (nSPS) is 21.5. The molecular weight excluding hydrogens is 238 g/mol. The van der Waals surface area contributed by atoms with Crippen molar-refractivity contribution in [2.24, 2.45) is 0 Å². The standard InChI is InChI=1S/C9H18ClNO3S/c1-2-3-4-9(10)15(12,13)11-5-7-14-8-6-11/h9H,2-8H2,1H3. The van der Waals surface area contributed by atoms with Crippen LogP contribution in [-0.2, 0) is 14.8 Å². The molecule has 1 aliphatic heterocycles. The number of ether oxygens (including phenoxy) is 1. The number of rotatable bonds is 5. The summed E-state index contributed by atoms with van der Waals surface area (Å²) in [6.45, 7) is 3.81. The lowest BCUT2D eigenvalue weighted by Gasteiger charge is -2.28. The molecule has 4 nitrogen and oxygen atoms in total. The summed E-state index contributed by atoms with van der Waals surface area (Å²) in [5, 5.41) is 0.